The van der Waals surface area contributed by atoms with Crippen LogP contribution in [0.3, 0.4) is 0 Å². The van der Waals surface area contributed by atoms with Crippen LogP contribution < -0.4 is 16.5 Å². The van der Waals surface area contributed by atoms with Crippen LogP contribution in [0.4, 0.5) is 11.5 Å². The summed E-state index contributed by atoms with van der Waals surface area (Å²) >= 11 is 3.45. The third kappa shape index (κ3) is 5.84. The number of amides is 1. The number of hydrogen-bond donors (Lipinski definition) is 4. The van der Waals surface area contributed by atoms with Crippen molar-refractivity contribution in [2.24, 2.45) is 21.6 Å². The number of aliphatic imine (C=N–C) groups is 2. The Morgan fingerprint density at radius 1 is 1.41 bits per heavy atom. The van der Waals surface area contributed by atoms with Crippen LogP contribution >= 0.6 is 15.9 Å². The molecule has 1 aliphatic rings. The van der Waals surface area contributed by atoms with E-state index in [2.05, 4.69) is 41.5 Å². The number of nitrogens with zero attached hydrogens (tertiary/aromatic N) is 4. The maximum atomic E-state index is 11.6. The molecule has 5 N–H and O–H groups in total. The lowest BCUT2D eigenvalue weighted by Crippen LogP contribution is -2.22. The smallest absolute Gasteiger partial charge is 0.250 e. The number of nitrogens with two attached hydrogens (primary N) is 1. The number of hydroxylamine groups is 1. The molecule has 2 aromatic rings. The first-order chi connectivity index (χ1) is 14.0. The quantitative estimate of drug-likeness (QED) is 0.202. The van der Waals surface area contributed by atoms with Crippen LogP contribution in [0.1, 0.15) is 36.9 Å². The largest absolute Gasteiger partial charge is 0.387 e. The highest BCUT2D eigenvalue weighted by atomic mass is 79.9. The Balaban J connectivity index is 1.59. The Bertz CT molecular complexity index is 937. The fourth-order valence-corrected chi connectivity index (χ4v) is 2.83. The molecule has 0 atom stereocenters. The van der Waals surface area contributed by atoms with Crippen LogP contribution in [-0.2, 0) is 4.79 Å². The van der Waals surface area contributed by atoms with Gasteiger partial charge in [-0.3, -0.25) is 15.5 Å². The van der Waals surface area contributed by atoms with E-state index in [1.165, 1.54) is 0 Å². The minimum atomic E-state index is -0.129. The molecule has 0 aliphatic heterocycles. The van der Waals surface area contributed by atoms with Crippen LogP contribution in [-0.4, -0.2) is 39.6 Å². The van der Waals surface area contributed by atoms with Crippen molar-refractivity contribution < 1.29 is 14.6 Å². The van der Waals surface area contributed by atoms with Crippen LogP contribution in [0.25, 0.3) is 0 Å². The zero-order chi connectivity index (χ0) is 20.8. The van der Waals surface area contributed by atoms with Gasteiger partial charge in [-0.1, -0.05) is 22.0 Å². The van der Waals surface area contributed by atoms with Gasteiger partial charge in [-0.05, 0) is 54.2 Å². The third-order valence-corrected chi connectivity index (χ3v) is 5.15. The SMILES string of the molecule is Cc1ccc(N=C(NO)c2nonc2NCCCC(N)=NC(=O)C2CC2)cc1Br. The van der Waals surface area contributed by atoms with Crippen LogP contribution in [0.5, 0.6) is 0 Å². The van der Waals surface area contributed by atoms with E-state index in [0.717, 1.165) is 22.9 Å². The summed E-state index contributed by atoms with van der Waals surface area (Å²) in [6.45, 7) is 2.45. The van der Waals surface area contributed by atoms with Crippen LogP contribution in [0.2, 0.25) is 0 Å². The molecule has 1 heterocycles. The predicted octanol–water partition coefficient (Wildman–Crippen LogP) is 2.68. The minimum Gasteiger partial charge on any atom is -0.387 e. The number of halogens is 1. The van der Waals surface area contributed by atoms with Gasteiger partial charge in [-0.25, -0.2) is 14.6 Å². The van der Waals surface area contributed by atoms with Gasteiger partial charge in [0.2, 0.25) is 11.7 Å². The zero-order valence-corrected chi connectivity index (χ0v) is 17.4. The molecular weight excluding hydrogens is 442 g/mol. The van der Waals surface area contributed by atoms with Crippen molar-refractivity contribution in [3.63, 3.8) is 0 Å². The molecule has 11 heteroatoms. The van der Waals surface area contributed by atoms with Gasteiger partial charge in [-0.2, -0.15) is 0 Å². The molecule has 0 radical (unpaired) electrons. The van der Waals surface area contributed by atoms with E-state index in [1.807, 2.05) is 30.6 Å². The van der Waals surface area contributed by atoms with Crippen molar-refractivity contribution in [3.05, 3.63) is 33.9 Å². The van der Waals surface area contributed by atoms with Gasteiger partial charge in [0.05, 0.1) is 5.69 Å². The number of rotatable bonds is 8. The standard InChI is InChI=1S/C18H22BrN7O3/c1-10-4-7-12(9-13(10)19)22-17(24-28)15-16(26-29-25-15)21-8-2-3-14(20)23-18(27)11-5-6-11/h4,7,9,11,28H,2-3,5-6,8H2,1H3,(H,21,26)(H,22,24)(H2,20,23,27). The van der Waals surface area contributed by atoms with Gasteiger partial charge in [-0.15, -0.1) is 0 Å². The van der Waals surface area contributed by atoms with Gasteiger partial charge in [0.15, 0.2) is 11.5 Å². The van der Waals surface area contributed by atoms with E-state index in [0.29, 0.717) is 36.7 Å². The summed E-state index contributed by atoms with van der Waals surface area (Å²) in [5.74, 6) is 0.664. The number of aryl methyl sites for hydroxylation is 1. The summed E-state index contributed by atoms with van der Waals surface area (Å²) in [5, 5.41) is 20.1. The molecule has 1 aliphatic carbocycles. The van der Waals surface area contributed by atoms with Gasteiger partial charge in [0, 0.05) is 23.4 Å². The highest BCUT2D eigenvalue weighted by Gasteiger charge is 2.29. The Morgan fingerprint density at radius 2 is 2.21 bits per heavy atom. The number of carbonyl (C=O) groups excluding carboxylic acids is 1. The first-order valence-corrected chi connectivity index (χ1v) is 9.96. The molecule has 0 bridgehead atoms. The summed E-state index contributed by atoms with van der Waals surface area (Å²) in [6, 6.07) is 5.53. The van der Waals surface area contributed by atoms with Crippen molar-refractivity contribution >= 4 is 45.0 Å². The van der Waals surface area contributed by atoms with E-state index in [9.17, 15) is 10.0 Å². The van der Waals surface area contributed by atoms with Crippen molar-refractivity contribution in [2.75, 3.05) is 11.9 Å². The number of anilines is 1. The molecule has 29 heavy (non-hydrogen) atoms. The van der Waals surface area contributed by atoms with E-state index in [4.69, 9.17) is 10.4 Å². The third-order valence-electron chi connectivity index (χ3n) is 4.30. The second-order valence-electron chi connectivity index (χ2n) is 6.71. The molecule has 3 rings (SSSR count). The van der Waals surface area contributed by atoms with Gasteiger partial charge < -0.3 is 11.1 Å². The summed E-state index contributed by atoms with van der Waals surface area (Å²) in [6.07, 6.45) is 2.91. The second kappa shape index (κ2) is 9.61. The molecule has 0 saturated heterocycles. The molecule has 154 valence electrons. The van der Waals surface area contributed by atoms with Crippen LogP contribution in [0.15, 0.2) is 37.3 Å². The fourth-order valence-electron chi connectivity index (χ4n) is 2.47. The Hall–Kier alpha value is -2.79. The topological polar surface area (TPSA) is 151 Å². The number of benzene rings is 1. The van der Waals surface area contributed by atoms with E-state index in [1.54, 1.807) is 0 Å². The average molecular weight is 464 g/mol. The first-order valence-electron chi connectivity index (χ1n) is 9.16. The fraction of sp³-hybridized carbons (Fsp3) is 0.389. The molecule has 10 nitrogen and oxygen atoms in total. The van der Waals surface area contributed by atoms with Crippen molar-refractivity contribution in [3.8, 4) is 0 Å². The maximum Gasteiger partial charge on any atom is 0.250 e. The Labute approximate surface area is 175 Å². The predicted molar refractivity (Wildman–Crippen MR) is 111 cm³/mol. The van der Waals surface area contributed by atoms with Gasteiger partial charge in [0.1, 0.15) is 5.84 Å². The summed E-state index contributed by atoms with van der Waals surface area (Å²) < 4.78 is 5.67. The van der Waals surface area contributed by atoms with E-state index in [-0.39, 0.29) is 23.4 Å². The van der Waals surface area contributed by atoms with Crippen molar-refractivity contribution in [2.45, 2.75) is 32.6 Å². The molecule has 0 spiro atoms. The van der Waals surface area contributed by atoms with Crippen molar-refractivity contribution in [1.82, 2.24) is 15.8 Å². The molecular formula is C18H22BrN7O3. The summed E-state index contributed by atoms with van der Waals surface area (Å²) in [5.41, 5.74) is 9.73. The first kappa shape index (κ1) is 20.9. The maximum absolute atomic E-state index is 11.6. The molecule has 1 fully saturated rings. The van der Waals surface area contributed by atoms with Crippen LogP contribution in [0, 0.1) is 12.8 Å². The van der Waals surface area contributed by atoms with E-state index < -0.39 is 0 Å². The molecule has 1 aromatic heterocycles. The number of hydrogen-bond acceptors (Lipinski definition) is 7. The summed E-state index contributed by atoms with van der Waals surface area (Å²) in [4.78, 5) is 19.9. The molecule has 0 unspecified atom stereocenters. The van der Waals surface area contributed by atoms with Crippen molar-refractivity contribution in [1.29, 1.82) is 0 Å². The Morgan fingerprint density at radius 3 is 2.90 bits per heavy atom. The molecule has 1 saturated carbocycles. The number of nitrogens with one attached hydrogen (secondary N) is 2. The number of aromatic nitrogens is 2. The average Bonchev–Trinajstić information content (AvgIpc) is 3.45. The number of amidine groups is 2. The monoisotopic (exact) mass is 463 g/mol. The highest BCUT2D eigenvalue weighted by molar-refractivity contribution is 9.10. The lowest BCUT2D eigenvalue weighted by Gasteiger charge is -2.06. The van der Waals surface area contributed by atoms with E-state index >= 15 is 0 Å². The van der Waals surface area contributed by atoms with Gasteiger partial charge >= 0.3 is 0 Å². The highest BCUT2D eigenvalue weighted by Crippen LogP contribution is 2.30. The molecule has 1 amide bonds. The second-order valence-corrected chi connectivity index (χ2v) is 7.57. The lowest BCUT2D eigenvalue weighted by atomic mass is 10.2. The summed E-state index contributed by atoms with van der Waals surface area (Å²) in [7, 11) is 0. The lowest BCUT2D eigenvalue weighted by molar-refractivity contribution is -0.118. The molecule has 1 aromatic carbocycles. The number of carbonyl (C=O) groups is 1. The normalized spacial score (nSPS) is 14.7. The zero-order valence-electron chi connectivity index (χ0n) is 15.9. The Kier molecular flexibility index (Phi) is 6.94. The minimum absolute atomic E-state index is 0.0632. The van der Waals surface area contributed by atoms with Gasteiger partial charge in [0.25, 0.3) is 0 Å².